The molecule has 0 saturated carbocycles. The maximum Gasteiger partial charge on any atom is 0.351 e. The molecule has 0 radical (unpaired) electrons. The normalized spacial score (nSPS) is 13.5. The van der Waals surface area contributed by atoms with Crippen molar-refractivity contribution in [3.63, 3.8) is 0 Å². The summed E-state index contributed by atoms with van der Waals surface area (Å²) in [6.45, 7) is 2.37. The number of hydrogen-bond donors (Lipinski definition) is 2. The van der Waals surface area contributed by atoms with Crippen LogP contribution in [0.3, 0.4) is 0 Å². The van der Waals surface area contributed by atoms with Crippen molar-refractivity contribution in [3.05, 3.63) is 62.4 Å². The minimum absolute atomic E-state index is 0.135. The van der Waals surface area contributed by atoms with Crippen LogP contribution in [0, 0.1) is 0 Å². The number of benzene rings is 2. The molecule has 2 heterocycles. The molecule has 0 amide bonds. The van der Waals surface area contributed by atoms with Crippen molar-refractivity contribution in [3.8, 4) is 11.5 Å². The topological polar surface area (TPSA) is 71.0 Å². The zero-order chi connectivity index (χ0) is 21.4. The fraction of sp³-hybridized carbons (Fsp3) is 0.190. The molecule has 0 bridgehead atoms. The van der Waals surface area contributed by atoms with Crippen molar-refractivity contribution in [1.29, 1.82) is 0 Å². The van der Waals surface area contributed by atoms with Crippen molar-refractivity contribution in [2.75, 3.05) is 24.0 Å². The standard InChI is InChI=1S/C21H18BrClN2O4S/c1-11(12-5-3-4-6-14(12)23)29-18-9-19(30-20(18)21(27)28-2)25-10-24-15-7-13(22)17(26)8-16(15)25/h3-9,11,24,26H,10H2,1-2H3/t11-/m1/s1. The highest BCUT2D eigenvalue weighted by Crippen LogP contribution is 2.47. The second kappa shape index (κ2) is 8.37. The predicted molar refractivity (Wildman–Crippen MR) is 123 cm³/mol. The number of phenolic OH excluding ortho intramolecular Hbond substituents is 1. The first-order chi connectivity index (χ1) is 14.4. The van der Waals surface area contributed by atoms with Crippen molar-refractivity contribution in [1.82, 2.24) is 0 Å². The lowest BCUT2D eigenvalue weighted by molar-refractivity contribution is 0.0600. The van der Waals surface area contributed by atoms with Gasteiger partial charge in [-0.15, -0.1) is 11.3 Å². The summed E-state index contributed by atoms with van der Waals surface area (Å²) in [6.07, 6.45) is -0.367. The van der Waals surface area contributed by atoms with Gasteiger partial charge in [0.15, 0.2) is 4.88 Å². The van der Waals surface area contributed by atoms with Crippen LogP contribution in [0.5, 0.6) is 11.5 Å². The molecule has 156 valence electrons. The Labute approximate surface area is 191 Å². The Morgan fingerprint density at radius 2 is 2.10 bits per heavy atom. The number of ether oxygens (including phenoxy) is 2. The van der Waals surface area contributed by atoms with E-state index in [0.717, 1.165) is 21.9 Å². The number of carbonyl (C=O) groups excluding carboxylic acids is 1. The Morgan fingerprint density at radius 3 is 2.83 bits per heavy atom. The number of nitrogens with one attached hydrogen (secondary N) is 1. The molecule has 9 heteroatoms. The quantitative estimate of drug-likeness (QED) is 0.310. The molecular formula is C21H18BrClN2O4S. The van der Waals surface area contributed by atoms with Gasteiger partial charge in [-0.25, -0.2) is 4.79 Å². The molecule has 2 N–H and O–H groups in total. The first-order valence-electron chi connectivity index (χ1n) is 9.06. The average molecular weight is 510 g/mol. The molecule has 6 nitrogen and oxygen atoms in total. The third-order valence-corrected chi connectivity index (χ3v) is 6.85. The third kappa shape index (κ3) is 3.82. The van der Waals surface area contributed by atoms with Gasteiger partial charge in [-0.2, -0.15) is 0 Å². The first-order valence-corrected chi connectivity index (χ1v) is 11.0. The molecule has 0 aliphatic carbocycles. The molecule has 4 rings (SSSR count). The Bertz CT molecular complexity index is 1120. The van der Waals surface area contributed by atoms with Crippen LogP contribution in [-0.4, -0.2) is 24.9 Å². The van der Waals surface area contributed by atoms with E-state index >= 15 is 0 Å². The molecule has 2 aromatic carbocycles. The number of anilines is 3. The lowest BCUT2D eigenvalue weighted by Gasteiger charge is -2.17. The van der Waals surface area contributed by atoms with E-state index in [2.05, 4.69) is 21.2 Å². The summed E-state index contributed by atoms with van der Waals surface area (Å²) < 4.78 is 11.7. The molecule has 1 aliphatic heterocycles. The number of phenols is 1. The van der Waals surface area contributed by atoms with Crippen LogP contribution in [0.1, 0.15) is 28.3 Å². The number of thiophene rings is 1. The Morgan fingerprint density at radius 1 is 1.33 bits per heavy atom. The number of methoxy groups -OCH3 is 1. The van der Waals surface area contributed by atoms with Crippen molar-refractivity contribution >= 4 is 61.2 Å². The van der Waals surface area contributed by atoms with E-state index in [4.69, 9.17) is 21.1 Å². The second-order valence-electron chi connectivity index (χ2n) is 6.63. The monoisotopic (exact) mass is 508 g/mol. The molecule has 0 unspecified atom stereocenters. The van der Waals surface area contributed by atoms with Gasteiger partial charge in [0.2, 0.25) is 0 Å². The van der Waals surface area contributed by atoms with Gasteiger partial charge in [0.1, 0.15) is 22.6 Å². The zero-order valence-corrected chi connectivity index (χ0v) is 19.3. The summed E-state index contributed by atoms with van der Waals surface area (Å²) in [7, 11) is 1.34. The van der Waals surface area contributed by atoms with E-state index in [1.54, 1.807) is 18.2 Å². The maximum atomic E-state index is 12.4. The van der Waals surface area contributed by atoms with Gasteiger partial charge in [0.25, 0.3) is 0 Å². The van der Waals surface area contributed by atoms with E-state index in [-0.39, 0.29) is 11.9 Å². The Hall–Kier alpha value is -2.42. The fourth-order valence-corrected chi connectivity index (χ4v) is 4.89. The number of carbonyl (C=O) groups is 1. The van der Waals surface area contributed by atoms with E-state index < -0.39 is 5.97 Å². The molecule has 0 fully saturated rings. The van der Waals surface area contributed by atoms with Crippen LogP contribution in [0.15, 0.2) is 46.9 Å². The number of aromatic hydroxyl groups is 1. The summed E-state index contributed by atoms with van der Waals surface area (Å²) in [4.78, 5) is 14.7. The van der Waals surface area contributed by atoms with Gasteiger partial charge < -0.3 is 24.8 Å². The fourth-order valence-electron chi connectivity index (χ4n) is 3.24. The van der Waals surface area contributed by atoms with Crippen molar-refractivity contribution < 1.29 is 19.4 Å². The van der Waals surface area contributed by atoms with Gasteiger partial charge in [0.05, 0.1) is 29.6 Å². The van der Waals surface area contributed by atoms with E-state index in [1.807, 2.05) is 36.1 Å². The summed E-state index contributed by atoms with van der Waals surface area (Å²) in [5, 5.41) is 14.8. The molecular weight excluding hydrogens is 492 g/mol. The van der Waals surface area contributed by atoms with Gasteiger partial charge in [-0.05, 0) is 35.0 Å². The Kier molecular flexibility index (Phi) is 5.81. The summed E-state index contributed by atoms with van der Waals surface area (Å²) in [6, 6.07) is 12.7. The van der Waals surface area contributed by atoms with E-state index in [1.165, 1.54) is 18.4 Å². The largest absolute Gasteiger partial charge is 0.507 e. The number of hydrogen-bond acceptors (Lipinski definition) is 7. The van der Waals surface area contributed by atoms with Crippen LogP contribution >= 0.6 is 38.9 Å². The number of halogens is 2. The van der Waals surface area contributed by atoms with Gasteiger partial charge in [-0.3, -0.25) is 0 Å². The molecule has 1 aromatic heterocycles. The van der Waals surface area contributed by atoms with Gasteiger partial charge in [0, 0.05) is 22.7 Å². The summed E-state index contributed by atoms with van der Waals surface area (Å²) in [5.74, 6) is 0.0821. The van der Waals surface area contributed by atoms with Gasteiger partial charge in [-0.1, -0.05) is 29.8 Å². The smallest absolute Gasteiger partial charge is 0.351 e. The first kappa shape index (κ1) is 20.8. The van der Waals surface area contributed by atoms with E-state index in [0.29, 0.717) is 26.8 Å². The Balaban J connectivity index is 1.69. The van der Waals surface area contributed by atoms with E-state index in [9.17, 15) is 9.90 Å². The SMILES string of the molecule is COC(=O)c1sc(N2CNc3cc(Br)c(O)cc32)cc1O[C@H](C)c1ccccc1Cl. The third-order valence-electron chi connectivity index (χ3n) is 4.75. The maximum absolute atomic E-state index is 12.4. The molecule has 0 spiro atoms. The minimum Gasteiger partial charge on any atom is -0.507 e. The molecule has 30 heavy (non-hydrogen) atoms. The molecule has 1 atom stereocenters. The van der Waals surface area contributed by atoms with Crippen molar-refractivity contribution in [2.24, 2.45) is 0 Å². The predicted octanol–water partition coefficient (Wildman–Crippen LogP) is 6.32. The van der Waals surface area contributed by atoms with Crippen LogP contribution in [0.4, 0.5) is 16.4 Å². The highest BCUT2D eigenvalue weighted by Gasteiger charge is 2.28. The molecule has 1 aliphatic rings. The second-order valence-corrected chi connectivity index (χ2v) is 8.93. The van der Waals surface area contributed by atoms with Crippen LogP contribution < -0.4 is 15.0 Å². The molecule has 3 aromatic rings. The highest BCUT2D eigenvalue weighted by atomic mass is 79.9. The number of nitrogens with zero attached hydrogens (tertiary/aromatic N) is 1. The van der Waals surface area contributed by atoms with Gasteiger partial charge >= 0.3 is 5.97 Å². The lowest BCUT2D eigenvalue weighted by atomic mass is 10.1. The number of esters is 1. The number of rotatable bonds is 5. The average Bonchev–Trinajstić information content (AvgIpc) is 3.32. The van der Waals surface area contributed by atoms with Crippen LogP contribution in [0.2, 0.25) is 5.02 Å². The summed E-state index contributed by atoms with van der Waals surface area (Å²) >= 11 is 10.9. The zero-order valence-electron chi connectivity index (χ0n) is 16.1. The molecule has 0 saturated heterocycles. The minimum atomic E-state index is -0.473. The van der Waals surface area contributed by atoms with Crippen LogP contribution in [-0.2, 0) is 4.74 Å². The lowest BCUT2D eigenvalue weighted by Crippen LogP contribution is -2.15. The van der Waals surface area contributed by atoms with Crippen molar-refractivity contribution in [2.45, 2.75) is 13.0 Å². The van der Waals surface area contributed by atoms with Crippen LogP contribution in [0.25, 0.3) is 0 Å². The summed E-state index contributed by atoms with van der Waals surface area (Å²) in [5.41, 5.74) is 2.50. The number of fused-ring (bicyclic) bond motifs is 1. The highest BCUT2D eigenvalue weighted by molar-refractivity contribution is 9.10.